The lowest BCUT2D eigenvalue weighted by molar-refractivity contribution is -0.115. The number of rotatable bonds is 5. The minimum Gasteiger partial charge on any atom is -0.440 e. The molecule has 0 saturated carbocycles. The molecule has 0 spiro atoms. The molecule has 1 heterocycles. The first-order valence-electron chi connectivity index (χ1n) is 9.85. The lowest BCUT2D eigenvalue weighted by Gasteiger charge is -2.08. The Bertz CT molecular complexity index is 1250. The molecule has 0 unspecified atom stereocenters. The summed E-state index contributed by atoms with van der Waals surface area (Å²) < 4.78 is 5.82. The highest BCUT2D eigenvalue weighted by Gasteiger charge is 2.07. The Hall–Kier alpha value is -3.77. The van der Waals surface area contributed by atoms with Gasteiger partial charge in [0.05, 0.1) is 0 Å². The Labute approximate surface area is 185 Å². The number of carbonyl (C=O) groups is 1. The van der Waals surface area contributed by atoms with Crippen LogP contribution in [0.4, 0.5) is 5.69 Å². The lowest BCUT2D eigenvalue weighted by atomic mass is 10.1. The number of thiocarbonyl (C=S) groups is 1. The molecule has 5 nitrogen and oxygen atoms in total. The van der Waals surface area contributed by atoms with Crippen LogP contribution < -0.4 is 10.6 Å². The molecule has 0 atom stereocenters. The van der Waals surface area contributed by atoms with E-state index in [4.69, 9.17) is 16.6 Å². The van der Waals surface area contributed by atoms with Gasteiger partial charge in [0.2, 0.25) is 5.91 Å². The number of hydrogen-bond donors (Lipinski definition) is 2. The second-order valence-corrected chi connectivity index (χ2v) is 7.55. The molecular weight excluding hydrogens is 406 g/mol. The van der Waals surface area contributed by atoms with Gasteiger partial charge in [-0.25, -0.2) is 4.98 Å². The molecule has 3 aromatic carbocycles. The molecule has 0 aliphatic rings. The van der Waals surface area contributed by atoms with E-state index >= 15 is 0 Å². The highest BCUT2D eigenvalue weighted by atomic mass is 32.1. The van der Waals surface area contributed by atoms with Gasteiger partial charge in [-0.1, -0.05) is 48.5 Å². The van der Waals surface area contributed by atoms with Crippen molar-refractivity contribution in [1.29, 1.82) is 0 Å². The summed E-state index contributed by atoms with van der Waals surface area (Å²) in [6.45, 7) is 2.03. The number of carbonyl (C=O) groups excluding carboxylic acids is 1. The summed E-state index contributed by atoms with van der Waals surface area (Å²) in [4.78, 5) is 16.6. The highest BCUT2D eigenvalue weighted by molar-refractivity contribution is 7.80. The van der Waals surface area contributed by atoms with Crippen LogP contribution in [0, 0.1) is 6.92 Å². The molecule has 4 rings (SSSR count). The fourth-order valence-corrected chi connectivity index (χ4v) is 3.31. The van der Waals surface area contributed by atoms with E-state index in [-0.39, 0.29) is 11.0 Å². The number of oxazole rings is 1. The van der Waals surface area contributed by atoms with Crippen molar-refractivity contribution in [3.05, 3.63) is 101 Å². The van der Waals surface area contributed by atoms with E-state index < -0.39 is 0 Å². The summed E-state index contributed by atoms with van der Waals surface area (Å²) >= 11 is 5.23. The van der Waals surface area contributed by atoms with Gasteiger partial charge in [0.15, 0.2) is 16.6 Å². The second kappa shape index (κ2) is 9.36. The van der Waals surface area contributed by atoms with E-state index in [0.717, 1.165) is 33.5 Å². The molecule has 0 fully saturated rings. The Morgan fingerprint density at radius 3 is 2.61 bits per heavy atom. The maximum Gasteiger partial charge on any atom is 0.250 e. The van der Waals surface area contributed by atoms with Crippen LogP contribution in [0.3, 0.4) is 0 Å². The fraction of sp³-hybridized carbons (Fsp3) is 0.0800. The number of fused-ring (bicyclic) bond motifs is 1. The number of amides is 1. The van der Waals surface area contributed by atoms with Gasteiger partial charge in [-0.2, -0.15) is 0 Å². The molecule has 0 saturated heterocycles. The van der Waals surface area contributed by atoms with E-state index in [1.54, 1.807) is 6.08 Å². The molecule has 2 N–H and O–H groups in total. The third-order valence-electron chi connectivity index (χ3n) is 4.62. The summed E-state index contributed by atoms with van der Waals surface area (Å²) in [6, 6.07) is 23.3. The number of aryl methyl sites for hydroxylation is 1. The van der Waals surface area contributed by atoms with Crippen molar-refractivity contribution in [2.45, 2.75) is 13.3 Å². The zero-order valence-electron chi connectivity index (χ0n) is 17.0. The standard InChI is InChI=1S/C25H21N3O2S/c1-17-7-13-22-21(15-17)27-24(30-22)16-19-8-11-20(12-9-19)26-25(31)28-23(29)14-10-18-5-3-2-4-6-18/h2-15H,16H2,1H3,(H2,26,28,29,31)/b14-10+. The third kappa shape index (κ3) is 5.65. The lowest BCUT2D eigenvalue weighted by Crippen LogP contribution is -2.32. The van der Waals surface area contributed by atoms with E-state index in [1.807, 2.05) is 79.7 Å². The monoisotopic (exact) mass is 427 g/mol. The molecule has 6 heteroatoms. The fourth-order valence-electron chi connectivity index (χ4n) is 3.09. The van der Waals surface area contributed by atoms with Crippen LogP contribution in [0.15, 0.2) is 83.3 Å². The number of hydrogen-bond acceptors (Lipinski definition) is 4. The zero-order valence-corrected chi connectivity index (χ0v) is 17.8. The van der Waals surface area contributed by atoms with Gasteiger partial charge in [-0.15, -0.1) is 0 Å². The topological polar surface area (TPSA) is 67.2 Å². The van der Waals surface area contributed by atoms with Crippen molar-refractivity contribution < 1.29 is 9.21 Å². The third-order valence-corrected chi connectivity index (χ3v) is 4.82. The van der Waals surface area contributed by atoms with E-state index in [9.17, 15) is 4.79 Å². The summed E-state index contributed by atoms with van der Waals surface area (Å²) in [5.74, 6) is 0.387. The van der Waals surface area contributed by atoms with Crippen molar-refractivity contribution in [3.63, 3.8) is 0 Å². The van der Waals surface area contributed by atoms with Crippen molar-refractivity contribution in [3.8, 4) is 0 Å². The Morgan fingerprint density at radius 1 is 1.06 bits per heavy atom. The molecule has 1 amide bonds. The average molecular weight is 428 g/mol. The van der Waals surface area contributed by atoms with Gasteiger partial charge < -0.3 is 9.73 Å². The predicted molar refractivity (Wildman–Crippen MR) is 128 cm³/mol. The Kier molecular flexibility index (Phi) is 6.19. The van der Waals surface area contributed by atoms with Gasteiger partial charge >= 0.3 is 0 Å². The number of aromatic nitrogens is 1. The number of nitrogens with zero attached hydrogens (tertiary/aromatic N) is 1. The van der Waals surface area contributed by atoms with Crippen LogP contribution in [-0.2, 0) is 11.2 Å². The minimum absolute atomic E-state index is 0.241. The summed E-state index contributed by atoms with van der Waals surface area (Å²) in [7, 11) is 0. The second-order valence-electron chi connectivity index (χ2n) is 7.14. The highest BCUT2D eigenvalue weighted by Crippen LogP contribution is 2.20. The molecule has 0 aliphatic carbocycles. The van der Waals surface area contributed by atoms with Crippen LogP contribution in [0.25, 0.3) is 17.2 Å². The first kappa shape index (κ1) is 20.5. The first-order chi connectivity index (χ1) is 15.0. The van der Waals surface area contributed by atoms with Gasteiger partial charge in [-0.3, -0.25) is 10.1 Å². The summed E-state index contributed by atoms with van der Waals surface area (Å²) in [5.41, 5.74) is 5.61. The SMILES string of the molecule is Cc1ccc2oc(Cc3ccc(NC(=S)NC(=O)/C=C/c4ccccc4)cc3)nc2c1. The van der Waals surface area contributed by atoms with Crippen LogP contribution in [-0.4, -0.2) is 16.0 Å². The van der Waals surface area contributed by atoms with Gasteiger partial charge in [0.25, 0.3) is 0 Å². The quantitative estimate of drug-likeness (QED) is 0.336. The van der Waals surface area contributed by atoms with E-state index in [2.05, 4.69) is 15.6 Å². The molecule has 1 aromatic heterocycles. The molecular formula is C25H21N3O2S. The molecule has 4 aromatic rings. The Balaban J connectivity index is 1.31. The minimum atomic E-state index is -0.288. The zero-order chi connectivity index (χ0) is 21.6. The van der Waals surface area contributed by atoms with Gasteiger partial charge in [0.1, 0.15) is 5.52 Å². The number of nitrogens with one attached hydrogen (secondary N) is 2. The maximum absolute atomic E-state index is 12.0. The average Bonchev–Trinajstić information content (AvgIpc) is 3.15. The van der Waals surface area contributed by atoms with E-state index in [0.29, 0.717) is 12.3 Å². The molecule has 0 aliphatic heterocycles. The first-order valence-corrected chi connectivity index (χ1v) is 10.3. The summed E-state index contributed by atoms with van der Waals surface area (Å²) in [6.07, 6.45) is 3.79. The van der Waals surface area contributed by atoms with Crippen molar-refractivity contribution in [2.24, 2.45) is 0 Å². The van der Waals surface area contributed by atoms with Crippen LogP contribution in [0.2, 0.25) is 0 Å². The molecule has 31 heavy (non-hydrogen) atoms. The van der Waals surface area contributed by atoms with Gasteiger partial charge in [0, 0.05) is 18.2 Å². The van der Waals surface area contributed by atoms with E-state index in [1.165, 1.54) is 6.08 Å². The summed E-state index contributed by atoms with van der Waals surface area (Å²) in [5, 5.41) is 5.90. The number of anilines is 1. The molecule has 154 valence electrons. The molecule has 0 bridgehead atoms. The van der Waals surface area contributed by atoms with Crippen LogP contribution in [0.1, 0.15) is 22.6 Å². The maximum atomic E-state index is 12.0. The smallest absolute Gasteiger partial charge is 0.250 e. The Morgan fingerprint density at radius 2 is 1.84 bits per heavy atom. The van der Waals surface area contributed by atoms with Crippen molar-refractivity contribution in [2.75, 3.05) is 5.32 Å². The van der Waals surface area contributed by atoms with Crippen molar-refractivity contribution in [1.82, 2.24) is 10.3 Å². The van der Waals surface area contributed by atoms with Crippen LogP contribution >= 0.6 is 12.2 Å². The van der Waals surface area contributed by atoms with Crippen molar-refractivity contribution >= 4 is 46.1 Å². The predicted octanol–water partition coefficient (Wildman–Crippen LogP) is 5.25. The number of benzene rings is 3. The normalized spacial score (nSPS) is 11.0. The van der Waals surface area contributed by atoms with Crippen LogP contribution in [0.5, 0.6) is 0 Å². The van der Waals surface area contributed by atoms with Gasteiger partial charge in [-0.05, 0) is 66.2 Å². The largest absolute Gasteiger partial charge is 0.440 e. The molecule has 0 radical (unpaired) electrons.